The third-order valence-electron chi connectivity index (χ3n) is 6.21. The van der Waals surface area contributed by atoms with Crippen LogP contribution in [0.3, 0.4) is 0 Å². The predicted molar refractivity (Wildman–Crippen MR) is 133 cm³/mol. The number of fused-ring (bicyclic) bond motifs is 1. The van der Waals surface area contributed by atoms with Gasteiger partial charge in [-0.3, -0.25) is 4.99 Å². The molecule has 2 aromatic rings. The van der Waals surface area contributed by atoms with Crippen LogP contribution < -0.4 is 9.46 Å². The van der Waals surface area contributed by atoms with Gasteiger partial charge in [0.25, 0.3) is 0 Å². The SMILES string of the molecule is CCCS(=O)(=O)NCCOc1ccc2c(c1)C(C1(c3ccc(Cl)cc3)CCC1)=NCC2.Cl. The van der Waals surface area contributed by atoms with Crippen molar-refractivity contribution in [3.8, 4) is 5.75 Å². The van der Waals surface area contributed by atoms with Crippen molar-refractivity contribution < 1.29 is 13.2 Å². The molecule has 0 saturated heterocycles. The average molecular weight is 497 g/mol. The van der Waals surface area contributed by atoms with Crippen LogP contribution in [-0.2, 0) is 21.9 Å². The molecule has 8 heteroatoms. The van der Waals surface area contributed by atoms with Gasteiger partial charge in [-0.25, -0.2) is 13.1 Å². The van der Waals surface area contributed by atoms with Gasteiger partial charge < -0.3 is 4.74 Å². The smallest absolute Gasteiger partial charge is 0.211 e. The van der Waals surface area contributed by atoms with Gasteiger partial charge in [0, 0.05) is 29.1 Å². The standard InChI is InChI=1S/C24H29ClN2O3S.ClH/c1-2-16-31(28,29)27-14-15-30-21-9-4-18-10-13-26-23(22(18)17-21)24(11-3-12-24)19-5-7-20(25)8-6-19;/h4-9,17,27H,2-3,10-16H2,1H3;1H. The third kappa shape index (κ3) is 5.30. The molecule has 0 bridgehead atoms. The van der Waals surface area contributed by atoms with Gasteiger partial charge in [-0.05, 0) is 61.1 Å². The molecule has 1 saturated carbocycles. The van der Waals surface area contributed by atoms with Crippen LogP contribution >= 0.6 is 24.0 Å². The van der Waals surface area contributed by atoms with E-state index in [1.807, 2.05) is 25.1 Å². The Morgan fingerprint density at radius 1 is 1.16 bits per heavy atom. The van der Waals surface area contributed by atoms with Gasteiger partial charge in [-0.2, -0.15) is 0 Å². The molecule has 1 heterocycles. The molecule has 1 aliphatic heterocycles. The number of nitrogens with zero attached hydrogens (tertiary/aromatic N) is 1. The lowest BCUT2D eigenvalue weighted by Gasteiger charge is -2.45. The number of halogens is 2. The van der Waals surface area contributed by atoms with E-state index < -0.39 is 10.0 Å². The van der Waals surface area contributed by atoms with Crippen molar-refractivity contribution in [1.82, 2.24) is 4.72 Å². The van der Waals surface area contributed by atoms with Gasteiger partial charge in [-0.1, -0.05) is 43.1 Å². The lowest BCUT2D eigenvalue weighted by Crippen LogP contribution is -2.44. The lowest BCUT2D eigenvalue weighted by molar-refractivity contribution is 0.322. The van der Waals surface area contributed by atoms with Crippen LogP contribution in [0, 0.1) is 0 Å². The van der Waals surface area contributed by atoms with Crippen molar-refractivity contribution >= 4 is 39.7 Å². The highest BCUT2D eigenvalue weighted by Gasteiger charge is 2.45. The first-order chi connectivity index (χ1) is 14.9. The van der Waals surface area contributed by atoms with Crippen molar-refractivity contribution in [3.05, 3.63) is 64.2 Å². The van der Waals surface area contributed by atoms with Gasteiger partial charge in [-0.15, -0.1) is 12.4 Å². The number of benzene rings is 2. The minimum absolute atomic E-state index is 0. The van der Waals surface area contributed by atoms with E-state index >= 15 is 0 Å². The first kappa shape index (κ1) is 25.0. The Labute approximate surface area is 202 Å². The van der Waals surface area contributed by atoms with Crippen molar-refractivity contribution in [2.75, 3.05) is 25.4 Å². The normalized spacial score (nSPS) is 16.9. The van der Waals surface area contributed by atoms with Crippen LogP contribution in [0.5, 0.6) is 5.75 Å². The summed E-state index contributed by atoms with van der Waals surface area (Å²) in [6.45, 7) is 3.20. The Balaban J connectivity index is 0.00000289. The Hall–Kier alpha value is -1.60. The largest absolute Gasteiger partial charge is 0.492 e. The molecule has 1 N–H and O–H groups in total. The van der Waals surface area contributed by atoms with Gasteiger partial charge in [0.15, 0.2) is 0 Å². The maximum Gasteiger partial charge on any atom is 0.211 e. The van der Waals surface area contributed by atoms with Gasteiger partial charge in [0.05, 0.1) is 11.5 Å². The molecule has 0 aromatic heterocycles. The monoisotopic (exact) mass is 496 g/mol. The number of aliphatic imine (C=N–C) groups is 1. The third-order valence-corrected chi connectivity index (χ3v) is 8.05. The molecular formula is C24H30Cl2N2O3S. The lowest BCUT2D eigenvalue weighted by atomic mass is 9.59. The van der Waals surface area contributed by atoms with Crippen molar-refractivity contribution in [3.63, 3.8) is 0 Å². The first-order valence-corrected chi connectivity index (χ1v) is 13.0. The second-order valence-electron chi connectivity index (χ2n) is 8.30. The summed E-state index contributed by atoms with van der Waals surface area (Å²) in [5.41, 5.74) is 4.81. The molecule has 0 spiro atoms. The number of sulfonamides is 1. The quantitative estimate of drug-likeness (QED) is 0.500. The molecule has 32 heavy (non-hydrogen) atoms. The van der Waals surface area contributed by atoms with Crippen LogP contribution in [0.1, 0.15) is 49.3 Å². The summed E-state index contributed by atoms with van der Waals surface area (Å²) in [5, 5.41) is 0.745. The summed E-state index contributed by atoms with van der Waals surface area (Å²) in [6.07, 6.45) is 4.87. The molecule has 0 amide bonds. The number of rotatable bonds is 9. The molecule has 1 aliphatic carbocycles. The van der Waals surface area contributed by atoms with Gasteiger partial charge >= 0.3 is 0 Å². The Kier molecular flexibility index (Phi) is 8.26. The zero-order chi connectivity index (χ0) is 21.9. The van der Waals surface area contributed by atoms with Crippen LogP contribution in [0.25, 0.3) is 0 Å². The Bertz CT molecular complexity index is 1070. The molecule has 174 valence electrons. The summed E-state index contributed by atoms with van der Waals surface area (Å²) >= 11 is 6.13. The minimum Gasteiger partial charge on any atom is -0.492 e. The fraction of sp³-hybridized carbons (Fsp3) is 0.458. The summed E-state index contributed by atoms with van der Waals surface area (Å²) < 4.78 is 32.0. The van der Waals surface area contributed by atoms with Crippen molar-refractivity contribution in [2.24, 2.45) is 4.99 Å². The van der Waals surface area contributed by atoms with Gasteiger partial charge in [0.1, 0.15) is 12.4 Å². The Morgan fingerprint density at radius 3 is 2.56 bits per heavy atom. The number of hydrogen-bond donors (Lipinski definition) is 1. The zero-order valence-corrected chi connectivity index (χ0v) is 20.7. The molecule has 0 radical (unpaired) electrons. The molecule has 2 aromatic carbocycles. The van der Waals surface area contributed by atoms with E-state index in [1.54, 1.807) is 0 Å². The topological polar surface area (TPSA) is 67.8 Å². The summed E-state index contributed by atoms with van der Waals surface area (Å²) in [7, 11) is -3.22. The second-order valence-corrected chi connectivity index (χ2v) is 10.7. The second kappa shape index (κ2) is 10.6. The maximum absolute atomic E-state index is 11.8. The van der Waals surface area contributed by atoms with E-state index in [1.165, 1.54) is 17.5 Å². The molecular weight excluding hydrogens is 467 g/mol. The van der Waals surface area contributed by atoms with E-state index in [0.717, 1.165) is 47.9 Å². The average Bonchev–Trinajstić information content (AvgIpc) is 2.72. The van der Waals surface area contributed by atoms with Crippen molar-refractivity contribution in [1.29, 1.82) is 0 Å². The van der Waals surface area contributed by atoms with Crippen LogP contribution in [0.15, 0.2) is 47.5 Å². The number of hydrogen-bond acceptors (Lipinski definition) is 4. The van der Waals surface area contributed by atoms with E-state index in [2.05, 4.69) is 29.0 Å². The maximum atomic E-state index is 11.8. The summed E-state index contributed by atoms with van der Waals surface area (Å²) in [5.74, 6) is 0.881. The molecule has 2 aliphatic rings. The van der Waals surface area contributed by atoms with E-state index in [0.29, 0.717) is 6.42 Å². The molecule has 4 rings (SSSR count). The first-order valence-electron chi connectivity index (χ1n) is 11.0. The van der Waals surface area contributed by atoms with Gasteiger partial charge in [0.2, 0.25) is 10.0 Å². The predicted octanol–water partition coefficient (Wildman–Crippen LogP) is 4.94. The number of ether oxygens (including phenoxy) is 1. The highest BCUT2D eigenvalue weighted by atomic mass is 35.5. The molecule has 1 fully saturated rings. The van der Waals surface area contributed by atoms with E-state index in [9.17, 15) is 8.42 Å². The van der Waals surface area contributed by atoms with E-state index in [4.69, 9.17) is 21.3 Å². The molecule has 0 unspecified atom stereocenters. The number of nitrogens with one attached hydrogen (secondary N) is 1. The summed E-state index contributed by atoms with van der Waals surface area (Å²) in [4.78, 5) is 4.99. The van der Waals surface area contributed by atoms with Crippen LogP contribution in [-0.4, -0.2) is 39.6 Å². The summed E-state index contributed by atoms with van der Waals surface area (Å²) in [6, 6.07) is 14.3. The molecule has 5 nitrogen and oxygen atoms in total. The highest BCUT2D eigenvalue weighted by Crippen LogP contribution is 2.48. The fourth-order valence-corrected chi connectivity index (χ4v) is 5.74. The van der Waals surface area contributed by atoms with Crippen molar-refractivity contribution in [2.45, 2.75) is 44.4 Å². The zero-order valence-electron chi connectivity index (χ0n) is 18.3. The van der Waals surface area contributed by atoms with E-state index in [-0.39, 0.29) is 36.7 Å². The van der Waals surface area contributed by atoms with Crippen LogP contribution in [0.4, 0.5) is 0 Å². The minimum atomic E-state index is -3.22. The fourth-order valence-electron chi connectivity index (χ4n) is 4.53. The highest BCUT2D eigenvalue weighted by molar-refractivity contribution is 7.89. The molecule has 0 atom stereocenters. The Morgan fingerprint density at radius 2 is 1.91 bits per heavy atom. The van der Waals surface area contributed by atoms with Crippen LogP contribution in [0.2, 0.25) is 5.02 Å².